The Balaban J connectivity index is -0.0000000400. The molecule has 17 heteroatoms. The summed E-state index contributed by atoms with van der Waals surface area (Å²) in [5.41, 5.74) is 0. The second-order valence-corrected chi connectivity index (χ2v) is 3.67. The van der Waals surface area contributed by atoms with Crippen LogP contribution in [0.3, 0.4) is 0 Å². The monoisotopic (exact) mass is 436 g/mol. The topological polar surface area (TPSA) is 241 Å². The second-order valence-electron chi connectivity index (χ2n) is 1.22. The molecule has 0 spiro atoms. The van der Waals surface area contributed by atoms with Gasteiger partial charge in [-0.1, -0.05) is 0 Å². The number of rotatable bonds is 0. The molecule has 0 fully saturated rings. The van der Waals surface area contributed by atoms with Gasteiger partial charge in [-0.25, -0.2) is 0 Å². The minimum atomic E-state index is -5.17. The van der Waals surface area contributed by atoms with Gasteiger partial charge in [0.05, 0.1) is 0 Å². The van der Waals surface area contributed by atoms with Gasteiger partial charge in [-0.05, 0) is 0 Å². The van der Waals surface area contributed by atoms with Crippen LogP contribution in [-0.2, 0) is 73.9 Å². The first-order chi connectivity index (χ1) is 6.00. The van der Waals surface area contributed by atoms with Crippen molar-refractivity contribution in [2.75, 3.05) is 0 Å². The van der Waals surface area contributed by atoms with Crippen molar-refractivity contribution < 1.29 is 95.3 Å². The van der Waals surface area contributed by atoms with Gasteiger partial charge in [0, 0.05) is 31.2 Å². The van der Waals surface area contributed by atoms with E-state index in [2.05, 4.69) is 0 Å². The van der Waals surface area contributed by atoms with Gasteiger partial charge in [0.25, 0.3) is 0 Å². The van der Waals surface area contributed by atoms with Gasteiger partial charge in [-0.2, -0.15) is 0 Å². The van der Waals surface area contributed by atoms with E-state index in [1.807, 2.05) is 0 Å². The summed E-state index contributed by atoms with van der Waals surface area (Å²) in [5.74, 6) is 0. The van der Waals surface area contributed by atoms with E-state index in [0.717, 1.165) is 0 Å². The maximum atomic E-state index is 8.52. The molecule has 0 aromatic rings. The molecule has 0 unspecified atom stereocenters. The SMILES string of the molecule is O=S(=O)([O-])[O-].O=S(=O)([O-])[O-].O=S(=O)([O-])[O-].[Ni+2].[Zr+4]. The molecule has 0 amide bonds. The Hall–Kier alpha value is 0.987. The van der Waals surface area contributed by atoms with E-state index >= 15 is 0 Å². The third-order valence-electron chi connectivity index (χ3n) is 0. The summed E-state index contributed by atoms with van der Waals surface area (Å²) >= 11 is 0. The third-order valence-corrected chi connectivity index (χ3v) is 0. The summed E-state index contributed by atoms with van der Waals surface area (Å²) in [6, 6.07) is 0. The Morgan fingerprint density at radius 3 is 0.471 bits per heavy atom. The van der Waals surface area contributed by atoms with Gasteiger partial charge in [-0.3, -0.25) is 25.3 Å². The van der Waals surface area contributed by atoms with E-state index in [9.17, 15) is 0 Å². The molecule has 0 heterocycles. The van der Waals surface area contributed by atoms with Crippen molar-refractivity contribution in [3.8, 4) is 0 Å². The first kappa shape index (κ1) is 30.8. The normalized spacial score (nSPS) is 10.2. The van der Waals surface area contributed by atoms with Crippen molar-refractivity contribution in [2.45, 2.75) is 0 Å². The molecule has 0 atom stereocenters. The maximum absolute atomic E-state index is 8.52. The zero-order valence-electron chi connectivity index (χ0n) is 6.94. The van der Waals surface area contributed by atoms with Crippen LogP contribution in [0.5, 0.6) is 0 Å². The van der Waals surface area contributed by atoms with Crippen molar-refractivity contribution >= 4 is 31.2 Å². The van der Waals surface area contributed by atoms with Crippen molar-refractivity contribution in [1.82, 2.24) is 0 Å². The van der Waals surface area contributed by atoms with E-state index in [4.69, 9.17) is 52.6 Å². The predicted molar refractivity (Wildman–Crippen MR) is 31.4 cm³/mol. The number of hydrogen-bond donors (Lipinski definition) is 0. The van der Waals surface area contributed by atoms with E-state index in [1.165, 1.54) is 0 Å². The number of hydrogen-bond acceptors (Lipinski definition) is 12. The van der Waals surface area contributed by atoms with Crippen LogP contribution in [0, 0.1) is 0 Å². The largest absolute Gasteiger partial charge is 4.00 e. The molecule has 0 aromatic heterocycles. The standard InChI is InChI=1S/Ni.3H2O4S.Zr/c;3*1-5(2,3)4;/h;3*(H2,1,2,3,4);/q+2;;;;+4/p-6. The van der Waals surface area contributed by atoms with Crippen LogP contribution in [0.15, 0.2) is 0 Å². The molecular formula is NiO12S3Zr. The molecule has 12 nitrogen and oxygen atoms in total. The first-order valence-corrected chi connectivity index (χ1v) is 6.00. The molecular weight excluding hydrogens is 438 g/mol. The molecule has 0 aliphatic carbocycles. The summed E-state index contributed by atoms with van der Waals surface area (Å²) in [6.45, 7) is 0. The third kappa shape index (κ3) is 3920. The molecule has 0 aromatic carbocycles. The molecule has 0 aliphatic heterocycles. The zero-order chi connectivity index (χ0) is 13.5. The Labute approximate surface area is 126 Å². The summed E-state index contributed by atoms with van der Waals surface area (Å²) in [4.78, 5) is 0. The fourth-order valence-electron chi connectivity index (χ4n) is 0. The summed E-state index contributed by atoms with van der Waals surface area (Å²) < 4.78 is 102. The van der Waals surface area contributed by atoms with Crippen molar-refractivity contribution in [3.63, 3.8) is 0 Å². The van der Waals surface area contributed by atoms with Crippen LogP contribution in [0.2, 0.25) is 0 Å². The fourth-order valence-corrected chi connectivity index (χ4v) is 0. The molecule has 0 N–H and O–H groups in total. The Kier molecular flexibility index (Phi) is 21.8. The average Bonchev–Trinajstić information content (AvgIpc) is 1.41. The first-order valence-electron chi connectivity index (χ1n) is 2.00. The Bertz CT molecular complexity index is 343. The van der Waals surface area contributed by atoms with E-state index in [0.29, 0.717) is 0 Å². The summed E-state index contributed by atoms with van der Waals surface area (Å²) in [6.07, 6.45) is 0. The van der Waals surface area contributed by atoms with Crippen molar-refractivity contribution in [1.29, 1.82) is 0 Å². The van der Waals surface area contributed by atoms with Crippen molar-refractivity contribution in [3.05, 3.63) is 0 Å². The zero-order valence-corrected chi connectivity index (χ0v) is 12.8. The van der Waals surface area contributed by atoms with E-state index < -0.39 is 31.2 Å². The van der Waals surface area contributed by atoms with Gasteiger partial charge >= 0.3 is 42.7 Å². The fraction of sp³-hybridized carbons (Fsp3) is 0. The predicted octanol–water partition coefficient (Wildman–Crippen LogP) is -4.02. The summed E-state index contributed by atoms with van der Waals surface area (Å²) in [5, 5.41) is 0. The van der Waals surface area contributed by atoms with Gasteiger partial charge in [0.15, 0.2) is 0 Å². The van der Waals surface area contributed by atoms with Crippen LogP contribution in [-0.4, -0.2) is 52.6 Å². The average molecular weight is 438 g/mol. The maximum Gasteiger partial charge on any atom is 4.00 e. The second kappa shape index (κ2) is 12.0. The van der Waals surface area contributed by atoms with Gasteiger partial charge in [-0.15, -0.1) is 0 Å². The Morgan fingerprint density at radius 1 is 0.471 bits per heavy atom. The van der Waals surface area contributed by atoms with Crippen molar-refractivity contribution in [2.24, 2.45) is 0 Å². The molecule has 104 valence electrons. The van der Waals surface area contributed by atoms with Gasteiger partial charge in [0.2, 0.25) is 0 Å². The molecule has 17 heavy (non-hydrogen) atoms. The summed E-state index contributed by atoms with van der Waals surface area (Å²) in [7, 11) is -15.5. The van der Waals surface area contributed by atoms with Gasteiger partial charge in [0.1, 0.15) is 0 Å². The minimum absolute atomic E-state index is 0. The van der Waals surface area contributed by atoms with Crippen LogP contribution in [0.4, 0.5) is 0 Å². The molecule has 0 saturated carbocycles. The molecule has 0 rings (SSSR count). The minimum Gasteiger partial charge on any atom is -0.759 e. The van der Waals surface area contributed by atoms with Crippen LogP contribution in [0.1, 0.15) is 0 Å². The molecule has 0 saturated heterocycles. The molecule has 0 bridgehead atoms. The van der Waals surface area contributed by atoms with E-state index in [-0.39, 0.29) is 42.7 Å². The smallest absolute Gasteiger partial charge is 0.759 e. The molecule has 0 aliphatic rings. The van der Waals surface area contributed by atoms with Crippen LogP contribution in [0.25, 0.3) is 0 Å². The Morgan fingerprint density at radius 2 is 0.471 bits per heavy atom. The van der Waals surface area contributed by atoms with Crippen LogP contribution >= 0.6 is 0 Å². The van der Waals surface area contributed by atoms with Gasteiger partial charge < -0.3 is 27.3 Å². The van der Waals surface area contributed by atoms with E-state index in [1.54, 1.807) is 0 Å². The quantitative estimate of drug-likeness (QED) is 0.199. The molecule has 0 radical (unpaired) electrons. The van der Waals surface area contributed by atoms with Crippen LogP contribution < -0.4 is 0 Å².